The van der Waals surface area contributed by atoms with E-state index in [1.54, 1.807) is 16.7 Å². The average molecular weight is 341 g/mol. The first-order valence-electron chi connectivity index (χ1n) is 7.80. The van der Waals surface area contributed by atoms with Crippen LogP contribution in [0, 0.1) is 5.92 Å². The molecule has 1 heterocycles. The summed E-state index contributed by atoms with van der Waals surface area (Å²) >= 11 is 1.63. The monoisotopic (exact) mass is 341 g/mol. The first-order valence-corrected chi connectivity index (χ1v) is 9.03. The lowest BCUT2D eigenvalue weighted by molar-refractivity contribution is -0.142. The van der Waals surface area contributed by atoms with Crippen LogP contribution in [-0.2, 0) is 16.1 Å². The molecule has 1 amide bonds. The van der Waals surface area contributed by atoms with Gasteiger partial charge in [-0.3, -0.25) is 9.59 Å². The Morgan fingerprint density at radius 3 is 2.42 bits per heavy atom. The molecular weight excluding hydrogens is 322 g/mol. The van der Waals surface area contributed by atoms with E-state index in [9.17, 15) is 14.7 Å². The summed E-state index contributed by atoms with van der Waals surface area (Å²) in [4.78, 5) is 26.9. The molecule has 0 unspecified atom stereocenters. The zero-order valence-electron chi connectivity index (χ0n) is 13.4. The van der Waals surface area contributed by atoms with Gasteiger partial charge < -0.3 is 10.0 Å². The fourth-order valence-corrected chi connectivity index (χ4v) is 3.60. The summed E-state index contributed by atoms with van der Waals surface area (Å²) in [6, 6.07) is 17.1. The normalized spacial score (nSPS) is 20.4. The van der Waals surface area contributed by atoms with Gasteiger partial charge in [-0.1, -0.05) is 42.5 Å². The molecule has 1 N–H and O–H groups in total. The number of carbonyl (C=O) groups is 2. The predicted molar refractivity (Wildman–Crippen MR) is 93.7 cm³/mol. The third-order valence-corrected chi connectivity index (χ3v) is 5.15. The van der Waals surface area contributed by atoms with Crippen LogP contribution in [0.15, 0.2) is 59.5 Å². The first-order chi connectivity index (χ1) is 11.6. The van der Waals surface area contributed by atoms with Gasteiger partial charge in [-0.15, -0.1) is 11.8 Å². The van der Waals surface area contributed by atoms with Crippen LogP contribution < -0.4 is 0 Å². The summed E-state index contributed by atoms with van der Waals surface area (Å²) in [6.45, 7) is 0.429. The minimum Gasteiger partial charge on any atom is -0.481 e. The summed E-state index contributed by atoms with van der Waals surface area (Å²) < 4.78 is 0. The number of rotatable bonds is 5. The topological polar surface area (TPSA) is 57.6 Å². The zero-order chi connectivity index (χ0) is 17.1. The highest BCUT2D eigenvalue weighted by Crippen LogP contribution is 2.39. The molecule has 1 aliphatic rings. The summed E-state index contributed by atoms with van der Waals surface area (Å²) in [5.41, 5.74) is 1.88. The van der Waals surface area contributed by atoms with Crippen molar-refractivity contribution in [1.82, 2.24) is 4.90 Å². The molecule has 0 saturated carbocycles. The van der Waals surface area contributed by atoms with Gasteiger partial charge in [0, 0.05) is 17.9 Å². The number of aliphatic carboxylic acids is 1. The predicted octanol–water partition coefficient (Wildman–Crippen LogP) is 3.58. The Morgan fingerprint density at radius 1 is 1.17 bits per heavy atom. The van der Waals surface area contributed by atoms with E-state index < -0.39 is 17.9 Å². The molecule has 0 radical (unpaired) electrons. The van der Waals surface area contributed by atoms with Crippen LogP contribution in [0.3, 0.4) is 0 Å². The molecule has 0 aromatic heterocycles. The molecule has 5 heteroatoms. The fourth-order valence-electron chi connectivity index (χ4n) is 3.19. The van der Waals surface area contributed by atoms with Crippen LogP contribution in [0.2, 0.25) is 0 Å². The molecular formula is C19H19NO3S. The highest BCUT2D eigenvalue weighted by Gasteiger charge is 2.44. The van der Waals surface area contributed by atoms with Gasteiger partial charge in [0.15, 0.2) is 0 Å². The molecule has 2 aromatic carbocycles. The Labute approximate surface area is 145 Å². The van der Waals surface area contributed by atoms with Gasteiger partial charge in [-0.2, -0.15) is 0 Å². The molecule has 2 atom stereocenters. The van der Waals surface area contributed by atoms with Crippen molar-refractivity contribution in [1.29, 1.82) is 0 Å². The number of hydrogen-bond acceptors (Lipinski definition) is 3. The Bertz CT molecular complexity index is 730. The van der Waals surface area contributed by atoms with E-state index in [4.69, 9.17) is 0 Å². The SMILES string of the molecule is CSc1ccc([C@@H]2[C@H](C(=O)O)CC(=O)N2Cc2ccccc2)cc1. The Balaban J connectivity index is 1.94. The minimum absolute atomic E-state index is 0.0527. The molecule has 1 saturated heterocycles. The van der Waals surface area contributed by atoms with E-state index in [0.717, 1.165) is 16.0 Å². The van der Waals surface area contributed by atoms with E-state index in [1.807, 2.05) is 60.9 Å². The van der Waals surface area contributed by atoms with E-state index >= 15 is 0 Å². The second-order valence-corrected chi connectivity index (χ2v) is 6.75. The molecule has 24 heavy (non-hydrogen) atoms. The Morgan fingerprint density at radius 2 is 1.83 bits per heavy atom. The smallest absolute Gasteiger partial charge is 0.309 e. The summed E-state index contributed by atoms with van der Waals surface area (Å²) in [6.07, 6.45) is 2.05. The maximum Gasteiger partial charge on any atom is 0.309 e. The van der Waals surface area contributed by atoms with Crippen molar-refractivity contribution in [2.24, 2.45) is 5.92 Å². The molecule has 0 bridgehead atoms. The number of thioether (sulfide) groups is 1. The molecule has 1 aliphatic heterocycles. The second kappa shape index (κ2) is 7.09. The maximum atomic E-state index is 12.5. The number of nitrogens with zero attached hydrogens (tertiary/aromatic N) is 1. The molecule has 0 aliphatic carbocycles. The molecule has 2 aromatic rings. The lowest BCUT2D eigenvalue weighted by atomic mass is 9.93. The summed E-state index contributed by atoms with van der Waals surface area (Å²) in [7, 11) is 0. The number of benzene rings is 2. The van der Waals surface area contributed by atoms with Crippen molar-refractivity contribution in [3.63, 3.8) is 0 Å². The van der Waals surface area contributed by atoms with Crippen molar-refractivity contribution in [2.45, 2.75) is 23.9 Å². The number of likely N-dealkylation sites (tertiary alicyclic amines) is 1. The van der Waals surface area contributed by atoms with Gasteiger partial charge >= 0.3 is 5.97 Å². The first kappa shape index (κ1) is 16.6. The van der Waals surface area contributed by atoms with Gasteiger partial charge in [0.25, 0.3) is 0 Å². The third kappa shape index (κ3) is 3.31. The van der Waals surface area contributed by atoms with Crippen LogP contribution in [-0.4, -0.2) is 28.1 Å². The third-order valence-electron chi connectivity index (χ3n) is 4.40. The van der Waals surface area contributed by atoms with Crippen molar-refractivity contribution in [2.75, 3.05) is 6.26 Å². The number of hydrogen-bond donors (Lipinski definition) is 1. The minimum atomic E-state index is -0.919. The lowest BCUT2D eigenvalue weighted by Crippen LogP contribution is -2.30. The van der Waals surface area contributed by atoms with Crippen molar-refractivity contribution in [3.05, 3.63) is 65.7 Å². The second-order valence-electron chi connectivity index (χ2n) is 5.87. The van der Waals surface area contributed by atoms with E-state index in [2.05, 4.69) is 0 Å². The van der Waals surface area contributed by atoms with Crippen LogP contribution >= 0.6 is 11.8 Å². The highest BCUT2D eigenvalue weighted by molar-refractivity contribution is 7.98. The molecule has 124 valence electrons. The Hall–Kier alpha value is -2.27. The van der Waals surface area contributed by atoms with E-state index in [-0.39, 0.29) is 12.3 Å². The molecule has 4 nitrogen and oxygen atoms in total. The maximum absolute atomic E-state index is 12.5. The van der Waals surface area contributed by atoms with Gasteiger partial charge in [0.2, 0.25) is 5.91 Å². The summed E-state index contributed by atoms with van der Waals surface area (Å²) in [5.74, 6) is -1.73. The van der Waals surface area contributed by atoms with Crippen LogP contribution in [0.25, 0.3) is 0 Å². The van der Waals surface area contributed by atoms with Crippen LogP contribution in [0.1, 0.15) is 23.6 Å². The molecule has 3 rings (SSSR count). The number of carboxylic acids is 1. The van der Waals surface area contributed by atoms with Crippen molar-refractivity contribution in [3.8, 4) is 0 Å². The van der Waals surface area contributed by atoms with Crippen molar-refractivity contribution < 1.29 is 14.7 Å². The van der Waals surface area contributed by atoms with Gasteiger partial charge in [0.1, 0.15) is 0 Å². The summed E-state index contributed by atoms with van der Waals surface area (Å²) in [5, 5.41) is 9.56. The number of carboxylic acid groups (broad SMARTS) is 1. The molecule has 0 spiro atoms. The standard InChI is InChI=1S/C19H19NO3S/c1-24-15-9-7-14(8-10-15)18-16(19(22)23)11-17(21)20(18)12-13-5-3-2-4-6-13/h2-10,16,18H,11-12H2,1H3,(H,22,23)/t16-,18-/m1/s1. The van der Waals surface area contributed by atoms with Crippen LogP contribution in [0.4, 0.5) is 0 Å². The fraction of sp³-hybridized carbons (Fsp3) is 0.263. The van der Waals surface area contributed by atoms with Gasteiger partial charge in [0.05, 0.1) is 12.0 Å². The molecule has 1 fully saturated rings. The zero-order valence-corrected chi connectivity index (χ0v) is 14.2. The van der Waals surface area contributed by atoms with E-state index in [1.165, 1.54) is 0 Å². The van der Waals surface area contributed by atoms with Gasteiger partial charge in [-0.25, -0.2) is 0 Å². The number of carbonyl (C=O) groups excluding carboxylic acids is 1. The Kier molecular flexibility index (Phi) is 4.90. The largest absolute Gasteiger partial charge is 0.481 e. The average Bonchev–Trinajstić information content (AvgIpc) is 2.93. The highest BCUT2D eigenvalue weighted by atomic mass is 32.2. The van der Waals surface area contributed by atoms with Crippen LogP contribution in [0.5, 0.6) is 0 Å². The van der Waals surface area contributed by atoms with E-state index in [0.29, 0.717) is 6.54 Å². The number of amides is 1. The quantitative estimate of drug-likeness (QED) is 0.845. The van der Waals surface area contributed by atoms with Gasteiger partial charge in [-0.05, 0) is 29.5 Å². The lowest BCUT2D eigenvalue weighted by Gasteiger charge is -2.27. The van der Waals surface area contributed by atoms with Crippen molar-refractivity contribution >= 4 is 23.6 Å².